The Labute approximate surface area is 165 Å². The molecule has 0 unspecified atom stereocenters. The van der Waals surface area contributed by atoms with Crippen molar-refractivity contribution in [1.29, 1.82) is 0 Å². The number of allylic oxidation sites excluding steroid dienone is 4. The quantitative estimate of drug-likeness (QED) is 0.277. The van der Waals surface area contributed by atoms with Crippen molar-refractivity contribution in [1.82, 2.24) is 0 Å². The molecule has 0 rings (SSSR count). The summed E-state index contributed by atoms with van der Waals surface area (Å²) < 4.78 is 0. The van der Waals surface area contributed by atoms with Crippen molar-refractivity contribution in [2.24, 2.45) is 0 Å². The lowest BCUT2D eigenvalue weighted by Crippen LogP contribution is -1.92. The number of carboxylic acid groups (broad SMARTS) is 2. The molecule has 0 saturated heterocycles. The van der Waals surface area contributed by atoms with Crippen LogP contribution in [0, 0.1) is 0 Å². The largest absolute Gasteiger partial charge is 0.481 e. The van der Waals surface area contributed by atoms with Gasteiger partial charge in [-0.1, -0.05) is 70.1 Å². The highest BCUT2D eigenvalue weighted by Crippen LogP contribution is 1.97. The second-order valence-electron chi connectivity index (χ2n) is 5.77. The molecule has 0 aromatic carbocycles. The summed E-state index contributed by atoms with van der Waals surface area (Å²) in [4.78, 5) is 20.0. The fourth-order valence-electron chi connectivity index (χ4n) is 1.64. The van der Waals surface area contributed by atoms with Gasteiger partial charge in [-0.2, -0.15) is 0 Å². The summed E-state index contributed by atoms with van der Waals surface area (Å²) >= 11 is 0. The Kier molecular flexibility index (Phi) is 32.0. The molecule has 5 nitrogen and oxygen atoms in total. The van der Waals surface area contributed by atoms with Gasteiger partial charge >= 0.3 is 11.9 Å². The molecule has 158 valence electrons. The van der Waals surface area contributed by atoms with Gasteiger partial charge in [-0.3, -0.25) is 9.59 Å². The van der Waals surface area contributed by atoms with Crippen molar-refractivity contribution in [2.75, 3.05) is 6.61 Å². The van der Waals surface area contributed by atoms with E-state index in [4.69, 9.17) is 15.3 Å². The maximum Gasteiger partial charge on any atom is 0.307 e. The Hall–Kier alpha value is -1.88. The Bertz CT molecular complexity index is 398. The zero-order valence-electron chi connectivity index (χ0n) is 17.4. The molecule has 3 N–H and O–H groups in total. The van der Waals surface area contributed by atoms with E-state index in [0.717, 1.165) is 51.4 Å². The van der Waals surface area contributed by atoms with E-state index in [0.29, 0.717) is 0 Å². The van der Waals surface area contributed by atoms with Crippen LogP contribution in [-0.4, -0.2) is 33.9 Å². The van der Waals surface area contributed by atoms with E-state index in [1.807, 2.05) is 18.2 Å². The van der Waals surface area contributed by atoms with Gasteiger partial charge in [0.15, 0.2) is 0 Å². The molecule has 0 aliphatic rings. The average molecular weight is 385 g/mol. The third kappa shape index (κ3) is 45.4. The van der Waals surface area contributed by atoms with Crippen molar-refractivity contribution in [2.45, 2.75) is 85.0 Å². The summed E-state index contributed by atoms with van der Waals surface area (Å²) in [7, 11) is 0. The van der Waals surface area contributed by atoms with Crippen molar-refractivity contribution >= 4 is 11.9 Å². The fraction of sp³-hybridized carbons (Fsp3) is 0.636. The minimum atomic E-state index is -0.757. The van der Waals surface area contributed by atoms with Gasteiger partial charge in [0, 0.05) is 13.0 Å². The van der Waals surface area contributed by atoms with Crippen LogP contribution in [0.1, 0.15) is 85.0 Å². The number of aliphatic hydroxyl groups is 1. The van der Waals surface area contributed by atoms with Crippen LogP contribution < -0.4 is 0 Å². The molecule has 0 amide bonds. The first-order valence-electron chi connectivity index (χ1n) is 9.95. The van der Waals surface area contributed by atoms with Crippen LogP contribution in [0.3, 0.4) is 0 Å². The smallest absolute Gasteiger partial charge is 0.307 e. The Morgan fingerprint density at radius 2 is 1.22 bits per heavy atom. The van der Waals surface area contributed by atoms with Crippen LogP contribution in [0.25, 0.3) is 0 Å². The van der Waals surface area contributed by atoms with Crippen LogP contribution in [0.2, 0.25) is 0 Å². The topological polar surface area (TPSA) is 94.8 Å². The second kappa shape index (κ2) is 28.9. The van der Waals surface area contributed by atoms with Gasteiger partial charge < -0.3 is 15.3 Å². The molecule has 0 bridgehead atoms. The van der Waals surface area contributed by atoms with E-state index in [1.54, 1.807) is 6.08 Å². The minimum absolute atomic E-state index is 0.156. The fourth-order valence-corrected chi connectivity index (χ4v) is 1.64. The lowest BCUT2D eigenvalue weighted by molar-refractivity contribution is -0.137. The summed E-state index contributed by atoms with van der Waals surface area (Å²) in [5.41, 5.74) is 0. The lowest BCUT2D eigenvalue weighted by Gasteiger charge is -1.88. The molecule has 0 spiro atoms. The van der Waals surface area contributed by atoms with Gasteiger partial charge in [0.05, 0.1) is 6.42 Å². The van der Waals surface area contributed by atoms with Crippen LogP contribution in [0.5, 0.6) is 0 Å². The summed E-state index contributed by atoms with van der Waals surface area (Å²) in [5, 5.41) is 24.7. The number of rotatable bonds is 13. The summed E-state index contributed by atoms with van der Waals surface area (Å²) in [6.07, 6.45) is 20.1. The van der Waals surface area contributed by atoms with Crippen molar-refractivity contribution in [3.8, 4) is 0 Å². The molecule has 0 fully saturated rings. The van der Waals surface area contributed by atoms with Crippen molar-refractivity contribution in [3.05, 3.63) is 36.5 Å². The zero-order chi connectivity index (χ0) is 21.2. The molecule has 0 atom stereocenters. The van der Waals surface area contributed by atoms with Gasteiger partial charge in [0.25, 0.3) is 0 Å². The van der Waals surface area contributed by atoms with Crippen LogP contribution in [-0.2, 0) is 9.59 Å². The third-order valence-corrected chi connectivity index (χ3v) is 3.05. The van der Waals surface area contributed by atoms with E-state index >= 15 is 0 Å². The minimum Gasteiger partial charge on any atom is -0.481 e. The Balaban J connectivity index is -0.000000326. The predicted molar refractivity (Wildman–Crippen MR) is 113 cm³/mol. The molecule has 27 heavy (non-hydrogen) atoms. The number of aliphatic hydroxyl groups excluding tert-OH is 1. The van der Waals surface area contributed by atoms with E-state index < -0.39 is 11.9 Å². The maximum absolute atomic E-state index is 10.0. The summed E-state index contributed by atoms with van der Waals surface area (Å²) in [6, 6.07) is 0. The first kappa shape index (κ1) is 29.9. The number of aliphatic carboxylic acids is 2. The highest BCUT2D eigenvalue weighted by atomic mass is 16.4. The van der Waals surface area contributed by atoms with Gasteiger partial charge in [-0.25, -0.2) is 0 Å². The number of carbonyl (C=O) groups is 2. The highest BCUT2D eigenvalue weighted by molar-refractivity contribution is 5.68. The molecular weight excluding hydrogens is 344 g/mol. The highest BCUT2D eigenvalue weighted by Gasteiger charge is 1.92. The first-order valence-corrected chi connectivity index (χ1v) is 9.95. The number of unbranched alkanes of at least 4 members (excludes halogenated alkanes) is 3. The molecule has 0 aromatic rings. The molecule has 0 aliphatic heterocycles. The molecule has 0 saturated carbocycles. The Morgan fingerprint density at radius 3 is 1.67 bits per heavy atom. The van der Waals surface area contributed by atoms with Crippen molar-refractivity contribution < 1.29 is 24.9 Å². The van der Waals surface area contributed by atoms with Gasteiger partial charge in [0.2, 0.25) is 0 Å². The molecule has 0 radical (unpaired) electrons. The molecule has 5 heteroatoms. The van der Waals surface area contributed by atoms with Crippen molar-refractivity contribution in [3.63, 3.8) is 0 Å². The predicted octanol–water partition coefficient (Wildman–Crippen LogP) is 5.75. The number of carboxylic acids is 2. The van der Waals surface area contributed by atoms with E-state index in [9.17, 15) is 9.59 Å². The van der Waals surface area contributed by atoms with Crippen LogP contribution >= 0.6 is 0 Å². The van der Waals surface area contributed by atoms with E-state index in [2.05, 4.69) is 32.9 Å². The molecule has 0 aromatic heterocycles. The standard InChI is InChI=1S/2C8H14O2.C6H12O/c2*1-2-3-4-5-6-7-8(9)10;1-2-3-4-5-6-7/h5-6H,2-4,7H2,1H3,(H,9,10);3-4H,2,5-7H2,1H3,(H,9,10);3-4,7H,2,5-6H2,1H3/b;2*4-3-. The maximum atomic E-state index is 10.0. The Morgan fingerprint density at radius 1 is 0.704 bits per heavy atom. The summed E-state index contributed by atoms with van der Waals surface area (Å²) in [5.74, 6) is -1.46. The number of hydrogen-bond donors (Lipinski definition) is 3. The van der Waals surface area contributed by atoms with Gasteiger partial charge in [0.1, 0.15) is 0 Å². The molecular formula is C22H40O5. The third-order valence-electron chi connectivity index (χ3n) is 3.05. The monoisotopic (exact) mass is 384 g/mol. The first-order chi connectivity index (χ1) is 13.0. The summed E-state index contributed by atoms with van der Waals surface area (Å²) in [6.45, 7) is 6.53. The van der Waals surface area contributed by atoms with Crippen LogP contribution in [0.15, 0.2) is 36.5 Å². The van der Waals surface area contributed by atoms with Crippen LogP contribution in [0.4, 0.5) is 0 Å². The second-order valence-corrected chi connectivity index (χ2v) is 5.77. The lowest BCUT2D eigenvalue weighted by atomic mass is 10.2. The van der Waals surface area contributed by atoms with Gasteiger partial charge in [-0.05, 0) is 38.5 Å². The SMILES string of the molecule is CC/C=C\CCCC(=O)O.CC/C=C\CCO.CCCCC=CCC(=O)O. The molecule has 0 aliphatic carbocycles. The normalized spacial score (nSPS) is 10.5. The number of hydrogen-bond acceptors (Lipinski definition) is 3. The van der Waals surface area contributed by atoms with E-state index in [1.165, 1.54) is 0 Å². The van der Waals surface area contributed by atoms with E-state index in [-0.39, 0.29) is 19.4 Å². The zero-order valence-corrected chi connectivity index (χ0v) is 17.4. The van der Waals surface area contributed by atoms with Gasteiger partial charge in [-0.15, -0.1) is 0 Å². The average Bonchev–Trinajstić information content (AvgIpc) is 2.62. The molecule has 0 heterocycles.